The quantitative estimate of drug-likeness (QED) is 0.288. The smallest absolute Gasteiger partial charge is 0.160 e. The van der Waals surface area contributed by atoms with Crippen LogP contribution in [0.3, 0.4) is 0 Å². The molecule has 4 nitrogen and oxygen atoms in total. The van der Waals surface area contributed by atoms with Gasteiger partial charge in [-0.25, -0.2) is 0 Å². The van der Waals surface area contributed by atoms with Crippen LogP contribution in [0, 0.1) is 22.7 Å². The summed E-state index contributed by atoms with van der Waals surface area (Å²) in [4.78, 5) is 11.6. The number of hydrogen-bond donors (Lipinski definition) is 0. The summed E-state index contributed by atoms with van der Waals surface area (Å²) < 4.78 is 16.6. The van der Waals surface area contributed by atoms with Crippen molar-refractivity contribution in [2.24, 2.45) is 22.7 Å². The minimum Gasteiger partial charge on any atom is -0.369 e. The maximum atomic E-state index is 11.6. The first kappa shape index (κ1) is 20.0. The van der Waals surface area contributed by atoms with Gasteiger partial charge in [-0.3, -0.25) is 4.79 Å². The molecule has 3 rings (SSSR count). The molecule has 0 bridgehead atoms. The molecule has 26 heavy (non-hydrogen) atoms. The minimum absolute atomic E-state index is 0.0606. The van der Waals surface area contributed by atoms with Crippen LogP contribution in [0.15, 0.2) is 11.6 Å². The molecule has 1 heterocycles. The van der Waals surface area contributed by atoms with Crippen molar-refractivity contribution in [1.29, 1.82) is 0 Å². The van der Waals surface area contributed by atoms with E-state index in [1.54, 1.807) is 14.2 Å². The van der Waals surface area contributed by atoms with Crippen LogP contribution >= 0.6 is 0 Å². The third-order valence-corrected chi connectivity index (χ3v) is 7.77. The van der Waals surface area contributed by atoms with Gasteiger partial charge in [0.25, 0.3) is 0 Å². The van der Waals surface area contributed by atoms with Crippen LogP contribution in [0.4, 0.5) is 0 Å². The number of aldehydes is 1. The van der Waals surface area contributed by atoms with Gasteiger partial charge in [0, 0.05) is 20.6 Å². The van der Waals surface area contributed by atoms with Gasteiger partial charge in [0.2, 0.25) is 0 Å². The van der Waals surface area contributed by atoms with Crippen molar-refractivity contribution in [3.63, 3.8) is 0 Å². The number of carbonyl (C=O) groups excluding carboxylic acids is 1. The van der Waals surface area contributed by atoms with Gasteiger partial charge in [-0.1, -0.05) is 33.3 Å². The maximum absolute atomic E-state index is 11.6. The normalized spacial score (nSPS) is 39.1. The van der Waals surface area contributed by atoms with Gasteiger partial charge in [0.05, 0.1) is 12.2 Å². The molecular formula is C22H36O4. The number of carbonyl (C=O) groups is 1. The summed E-state index contributed by atoms with van der Waals surface area (Å²) >= 11 is 0. The molecular weight excluding hydrogens is 328 g/mol. The van der Waals surface area contributed by atoms with Crippen molar-refractivity contribution in [2.75, 3.05) is 20.8 Å². The van der Waals surface area contributed by atoms with Crippen molar-refractivity contribution >= 4 is 6.29 Å². The molecule has 0 aromatic heterocycles. The van der Waals surface area contributed by atoms with E-state index in [1.165, 1.54) is 32.1 Å². The molecule has 4 atom stereocenters. The Morgan fingerprint density at radius 2 is 1.88 bits per heavy atom. The zero-order chi connectivity index (χ0) is 19.0. The highest BCUT2D eigenvalue weighted by Crippen LogP contribution is 2.66. The van der Waals surface area contributed by atoms with E-state index in [2.05, 4.69) is 26.8 Å². The molecule has 2 saturated carbocycles. The molecule has 3 fully saturated rings. The van der Waals surface area contributed by atoms with E-state index in [9.17, 15) is 4.79 Å². The standard InChI is InChI=1S/C22H36O4/c1-20(2)10-6-11-21(3)17(20)9-12-22(15-26-22)18(21)8-7-16(14-23)13-19(24-4)25-5/h7,14,17-19H,6,8-13,15H2,1-5H3/t17-,18+,21-,22+/m0/s1. The second-order valence-electron chi connectivity index (χ2n) is 9.58. The van der Waals surface area contributed by atoms with E-state index in [4.69, 9.17) is 14.2 Å². The summed E-state index contributed by atoms with van der Waals surface area (Å²) in [5.74, 6) is 1.23. The number of epoxide rings is 1. The van der Waals surface area contributed by atoms with Gasteiger partial charge in [0.1, 0.15) is 6.29 Å². The first-order valence-electron chi connectivity index (χ1n) is 10.1. The highest BCUT2D eigenvalue weighted by Gasteiger charge is 2.64. The van der Waals surface area contributed by atoms with Crippen molar-refractivity contribution < 1.29 is 19.0 Å². The third kappa shape index (κ3) is 3.53. The lowest BCUT2D eigenvalue weighted by atomic mass is 9.46. The number of hydrogen-bond acceptors (Lipinski definition) is 4. The van der Waals surface area contributed by atoms with Crippen LogP contribution in [0.5, 0.6) is 0 Å². The number of allylic oxidation sites excluding steroid dienone is 1. The molecule has 0 aromatic rings. The van der Waals surface area contributed by atoms with Gasteiger partial charge in [-0.05, 0) is 60.3 Å². The number of ether oxygens (including phenoxy) is 3. The van der Waals surface area contributed by atoms with Crippen molar-refractivity contribution in [3.05, 3.63) is 11.6 Å². The van der Waals surface area contributed by atoms with Crippen molar-refractivity contribution in [3.8, 4) is 0 Å². The number of rotatable bonds is 7. The Kier molecular flexibility index (Phi) is 5.68. The molecule has 0 amide bonds. The Hall–Kier alpha value is -0.710. The molecule has 4 heteroatoms. The van der Waals surface area contributed by atoms with Gasteiger partial charge in [-0.2, -0.15) is 0 Å². The molecule has 0 radical (unpaired) electrons. The molecule has 2 aliphatic carbocycles. The highest BCUT2D eigenvalue weighted by atomic mass is 16.7. The number of methoxy groups -OCH3 is 2. The number of fused-ring (bicyclic) bond motifs is 1. The average Bonchev–Trinajstić information content (AvgIpc) is 3.36. The maximum Gasteiger partial charge on any atom is 0.160 e. The van der Waals surface area contributed by atoms with Crippen LogP contribution < -0.4 is 0 Å². The fourth-order valence-corrected chi connectivity index (χ4v) is 6.29. The molecule has 148 valence electrons. The van der Waals surface area contributed by atoms with E-state index in [0.717, 1.165) is 30.8 Å². The Labute approximate surface area is 158 Å². The molecule has 1 saturated heterocycles. The Morgan fingerprint density at radius 1 is 1.19 bits per heavy atom. The van der Waals surface area contributed by atoms with E-state index in [0.29, 0.717) is 23.2 Å². The minimum atomic E-state index is -0.360. The zero-order valence-electron chi connectivity index (χ0n) is 17.2. The fourth-order valence-electron chi connectivity index (χ4n) is 6.29. The molecule has 0 N–H and O–H groups in total. The molecule has 0 unspecified atom stereocenters. The monoisotopic (exact) mass is 364 g/mol. The van der Waals surface area contributed by atoms with E-state index in [1.807, 2.05) is 0 Å². The second-order valence-corrected chi connectivity index (χ2v) is 9.58. The Balaban J connectivity index is 1.81. The van der Waals surface area contributed by atoms with E-state index >= 15 is 0 Å². The molecule has 1 aliphatic heterocycles. The lowest BCUT2D eigenvalue weighted by Crippen LogP contribution is -2.54. The average molecular weight is 365 g/mol. The first-order valence-corrected chi connectivity index (χ1v) is 10.1. The van der Waals surface area contributed by atoms with Crippen LogP contribution in [0.25, 0.3) is 0 Å². The van der Waals surface area contributed by atoms with Crippen LogP contribution in [-0.4, -0.2) is 39.0 Å². The Morgan fingerprint density at radius 3 is 2.46 bits per heavy atom. The topological polar surface area (TPSA) is 48.1 Å². The largest absolute Gasteiger partial charge is 0.369 e. The summed E-state index contributed by atoms with van der Waals surface area (Å²) in [6.07, 6.45) is 10.5. The lowest BCUT2D eigenvalue weighted by Gasteiger charge is -2.59. The van der Waals surface area contributed by atoms with Gasteiger partial charge >= 0.3 is 0 Å². The van der Waals surface area contributed by atoms with Crippen LogP contribution in [-0.2, 0) is 19.0 Å². The predicted molar refractivity (Wildman–Crippen MR) is 102 cm³/mol. The van der Waals surface area contributed by atoms with E-state index in [-0.39, 0.29) is 11.9 Å². The van der Waals surface area contributed by atoms with Gasteiger partial charge in [-0.15, -0.1) is 0 Å². The van der Waals surface area contributed by atoms with Crippen LogP contribution in [0.1, 0.15) is 65.7 Å². The predicted octanol–water partition coefficient (Wildman–Crippen LogP) is 4.52. The summed E-state index contributed by atoms with van der Waals surface area (Å²) in [6.45, 7) is 8.29. The molecule has 1 spiro atoms. The van der Waals surface area contributed by atoms with Crippen LogP contribution in [0.2, 0.25) is 0 Å². The lowest BCUT2D eigenvalue weighted by molar-refractivity contribution is -0.112. The summed E-state index contributed by atoms with van der Waals surface area (Å²) in [7, 11) is 3.22. The van der Waals surface area contributed by atoms with Gasteiger partial charge in [0.15, 0.2) is 6.29 Å². The summed E-state index contributed by atoms with van der Waals surface area (Å²) in [5, 5.41) is 0. The third-order valence-electron chi connectivity index (χ3n) is 7.77. The molecule has 0 aromatic carbocycles. The van der Waals surface area contributed by atoms with Crippen molar-refractivity contribution in [2.45, 2.75) is 77.6 Å². The highest BCUT2D eigenvalue weighted by molar-refractivity contribution is 5.73. The Bertz CT molecular complexity index is 544. The van der Waals surface area contributed by atoms with E-state index < -0.39 is 0 Å². The van der Waals surface area contributed by atoms with Crippen molar-refractivity contribution in [1.82, 2.24) is 0 Å². The summed E-state index contributed by atoms with van der Waals surface area (Å²) in [6, 6.07) is 0. The fraction of sp³-hybridized carbons (Fsp3) is 0.864. The zero-order valence-corrected chi connectivity index (χ0v) is 17.2. The SMILES string of the molecule is COC(CC(C=O)=CC[C@H]1[C@@]2(CC[C@H]3C(C)(C)CCC[C@@]31C)CO2)OC. The second kappa shape index (κ2) is 7.37. The molecule has 3 aliphatic rings. The summed E-state index contributed by atoms with van der Waals surface area (Å²) in [5.41, 5.74) is 1.53. The first-order chi connectivity index (χ1) is 12.3. The van der Waals surface area contributed by atoms with Gasteiger partial charge < -0.3 is 14.2 Å².